The lowest BCUT2D eigenvalue weighted by Crippen LogP contribution is -2.08. The molecule has 0 bridgehead atoms. The van der Waals surface area contributed by atoms with Crippen molar-refractivity contribution in [3.05, 3.63) is 5.28 Å². The van der Waals surface area contributed by atoms with Crippen molar-refractivity contribution in [3.8, 4) is 6.01 Å². The normalized spacial score (nSPS) is 14.7. The molecule has 0 unspecified atom stereocenters. The van der Waals surface area contributed by atoms with Gasteiger partial charge >= 0.3 is 6.01 Å². The molecule has 0 saturated heterocycles. The van der Waals surface area contributed by atoms with Crippen molar-refractivity contribution in [3.63, 3.8) is 0 Å². The number of hydrogen-bond acceptors (Lipinski definition) is 5. The maximum absolute atomic E-state index is 5.78. The van der Waals surface area contributed by atoms with Crippen LogP contribution in [-0.4, -0.2) is 28.1 Å². The predicted octanol–water partition coefficient (Wildman–Crippen LogP) is 2.53. The minimum atomic E-state index is 0.160. The Morgan fingerprint density at radius 1 is 1.35 bits per heavy atom. The van der Waals surface area contributed by atoms with E-state index in [9.17, 15) is 0 Å². The second-order valence-electron chi connectivity index (χ2n) is 4.16. The summed E-state index contributed by atoms with van der Waals surface area (Å²) in [5.74, 6) is 1.45. The van der Waals surface area contributed by atoms with E-state index in [1.54, 1.807) is 0 Å². The number of rotatable bonds is 7. The van der Waals surface area contributed by atoms with Crippen LogP contribution in [0.25, 0.3) is 0 Å². The lowest BCUT2D eigenvalue weighted by atomic mass is 10.2. The van der Waals surface area contributed by atoms with Gasteiger partial charge in [0.25, 0.3) is 0 Å². The monoisotopic (exact) mass is 256 g/mol. The maximum Gasteiger partial charge on any atom is 0.322 e. The summed E-state index contributed by atoms with van der Waals surface area (Å²) in [6, 6.07) is 0.275. The fraction of sp³-hybridized carbons (Fsp3) is 0.727. The Bertz CT molecular complexity index is 370. The molecule has 0 amide bonds. The van der Waals surface area contributed by atoms with Crippen LogP contribution in [0.4, 0.5) is 5.95 Å². The van der Waals surface area contributed by atoms with Crippen LogP contribution in [0, 0.1) is 5.92 Å². The standard InChI is InChI=1S/C11H17ClN4O/c1-2-17-11-15-9(12)14-10(16-11)13-7-3-4-8-5-6-8/h8H,2-7H2,1H3,(H,13,14,15,16). The molecule has 2 rings (SSSR count). The zero-order valence-electron chi connectivity index (χ0n) is 9.95. The van der Waals surface area contributed by atoms with Crippen LogP contribution >= 0.6 is 11.6 Å². The van der Waals surface area contributed by atoms with Gasteiger partial charge in [-0.2, -0.15) is 15.0 Å². The Hall–Kier alpha value is -1.10. The number of anilines is 1. The summed E-state index contributed by atoms with van der Waals surface area (Å²) in [5, 5.41) is 3.30. The van der Waals surface area contributed by atoms with E-state index in [4.69, 9.17) is 16.3 Å². The van der Waals surface area contributed by atoms with E-state index in [0.29, 0.717) is 12.6 Å². The van der Waals surface area contributed by atoms with Gasteiger partial charge < -0.3 is 10.1 Å². The highest BCUT2D eigenvalue weighted by Crippen LogP contribution is 2.33. The van der Waals surface area contributed by atoms with E-state index in [-0.39, 0.29) is 11.3 Å². The van der Waals surface area contributed by atoms with Crippen molar-refractivity contribution in [1.29, 1.82) is 0 Å². The molecule has 0 aliphatic heterocycles. The van der Waals surface area contributed by atoms with Crippen LogP contribution in [0.2, 0.25) is 5.28 Å². The third-order valence-electron chi connectivity index (χ3n) is 2.63. The Morgan fingerprint density at radius 2 is 2.18 bits per heavy atom. The van der Waals surface area contributed by atoms with Gasteiger partial charge in [0.2, 0.25) is 11.2 Å². The third-order valence-corrected chi connectivity index (χ3v) is 2.80. The van der Waals surface area contributed by atoms with Gasteiger partial charge in [-0.25, -0.2) is 0 Å². The van der Waals surface area contributed by atoms with Gasteiger partial charge in [0, 0.05) is 6.54 Å². The summed E-state index contributed by atoms with van der Waals surface area (Å²) < 4.78 is 5.20. The number of nitrogens with one attached hydrogen (secondary N) is 1. The summed E-state index contributed by atoms with van der Waals surface area (Å²) in [6.45, 7) is 3.25. The molecule has 1 aliphatic rings. The van der Waals surface area contributed by atoms with Gasteiger partial charge in [0.1, 0.15) is 0 Å². The molecule has 1 aromatic heterocycles. The zero-order valence-corrected chi connectivity index (χ0v) is 10.7. The smallest absolute Gasteiger partial charge is 0.322 e. The molecule has 0 atom stereocenters. The molecule has 0 aromatic carbocycles. The predicted molar refractivity (Wildman–Crippen MR) is 66.5 cm³/mol. The van der Waals surface area contributed by atoms with Gasteiger partial charge in [0.05, 0.1) is 6.61 Å². The second-order valence-corrected chi connectivity index (χ2v) is 4.49. The first kappa shape index (κ1) is 12.4. The average Bonchev–Trinajstić information content (AvgIpc) is 3.08. The van der Waals surface area contributed by atoms with E-state index in [1.807, 2.05) is 6.92 Å². The highest BCUT2D eigenvalue weighted by atomic mass is 35.5. The van der Waals surface area contributed by atoms with Crippen molar-refractivity contribution in [2.24, 2.45) is 5.92 Å². The highest BCUT2D eigenvalue weighted by Gasteiger charge is 2.20. The van der Waals surface area contributed by atoms with Gasteiger partial charge in [0.15, 0.2) is 0 Å². The Labute approximate surface area is 106 Å². The van der Waals surface area contributed by atoms with Gasteiger partial charge in [-0.1, -0.05) is 12.8 Å². The molecule has 1 saturated carbocycles. The fourth-order valence-corrected chi connectivity index (χ4v) is 1.75. The second kappa shape index (κ2) is 6.00. The summed E-state index contributed by atoms with van der Waals surface area (Å²) in [7, 11) is 0. The number of aromatic nitrogens is 3. The number of hydrogen-bond donors (Lipinski definition) is 1. The van der Waals surface area contributed by atoms with E-state index < -0.39 is 0 Å². The number of ether oxygens (including phenoxy) is 1. The van der Waals surface area contributed by atoms with E-state index >= 15 is 0 Å². The molecule has 0 radical (unpaired) electrons. The Morgan fingerprint density at radius 3 is 2.88 bits per heavy atom. The van der Waals surface area contributed by atoms with Crippen LogP contribution in [0.3, 0.4) is 0 Å². The molecule has 1 aliphatic carbocycles. The third kappa shape index (κ3) is 4.34. The maximum atomic E-state index is 5.78. The van der Waals surface area contributed by atoms with Gasteiger partial charge in [-0.05, 0) is 37.3 Å². The molecule has 94 valence electrons. The van der Waals surface area contributed by atoms with Crippen molar-refractivity contribution in [1.82, 2.24) is 15.0 Å². The average molecular weight is 257 g/mol. The molecule has 1 fully saturated rings. The lowest BCUT2D eigenvalue weighted by Gasteiger charge is -2.06. The molecule has 5 nitrogen and oxygen atoms in total. The van der Waals surface area contributed by atoms with E-state index in [2.05, 4.69) is 20.3 Å². The zero-order chi connectivity index (χ0) is 12.1. The fourth-order valence-electron chi connectivity index (χ4n) is 1.60. The largest absolute Gasteiger partial charge is 0.464 e. The minimum absolute atomic E-state index is 0.160. The SMILES string of the molecule is CCOc1nc(Cl)nc(NCCCC2CC2)n1. The minimum Gasteiger partial charge on any atom is -0.464 e. The molecule has 1 N–H and O–H groups in total. The van der Waals surface area contributed by atoms with Crippen LogP contribution in [-0.2, 0) is 0 Å². The lowest BCUT2D eigenvalue weighted by molar-refractivity contribution is 0.312. The number of nitrogens with zero attached hydrogens (tertiary/aromatic N) is 3. The molecule has 1 heterocycles. The van der Waals surface area contributed by atoms with Gasteiger partial charge in [-0.3, -0.25) is 0 Å². The molecular weight excluding hydrogens is 240 g/mol. The van der Waals surface area contributed by atoms with Crippen LogP contribution in [0.15, 0.2) is 0 Å². The Balaban J connectivity index is 1.80. The van der Waals surface area contributed by atoms with E-state index in [0.717, 1.165) is 18.9 Å². The van der Waals surface area contributed by atoms with Crippen LogP contribution < -0.4 is 10.1 Å². The van der Waals surface area contributed by atoms with Crippen molar-refractivity contribution < 1.29 is 4.74 Å². The summed E-state index contributed by atoms with van der Waals surface area (Å²) in [6.07, 6.45) is 5.21. The highest BCUT2D eigenvalue weighted by molar-refractivity contribution is 6.28. The summed E-state index contributed by atoms with van der Waals surface area (Å²) in [4.78, 5) is 12.0. The summed E-state index contributed by atoms with van der Waals surface area (Å²) >= 11 is 5.78. The number of halogens is 1. The first-order valence-corrected chi connectivity index (χ1v) is 6.44. The van der Waals surface area contributed by atoms with Crippen LogP contribution in [0.5, 0.6) is 6.01 Å². The quantitative estimate of drug-likeness (QED) is 0.760. The molecule has 0 spiro atoms. The van der Waals surface area contributed by atoms with Crippen molar-refractivity contribution >= 4 is 17.5 Å². The van der Waals surface area contributed by atoms with Crippen molar-refractivity contribution in [2.45, 2.75) is 32.6 Å². The molecule has 1 aromatic rings. The first-order valence-electron chi connectivity index (χ1n) is 6.06. The van der Waals surface area contributed by atoms with Crippen LogP contribution in [0.1, 0.15) is 32.6 Å². The van der Waals surface area contributed by atoms with E-state index in [1.165, 1.54) is 19.3 Å². The molecular formula is C11H17ClN4O. The van der Waals surface area contributed by atoms with Crippen molar-refractivity contribution in [2.75, 3.05) is 18.5 Å². The molecule has 17 heavy (non-hydrogen) atoms. The molecule has 6 heteroatoms. The topological polar surface area (TPSA) is 59.9 Å². The van der Waals surface area contributed by atoms with Gasteiger partial charge in [-0.15, -0.1) is 0 Å². The summed E-state index contributed by atoms with van der Waals surface area (Å²) in [5.41, 5.74) is 0. The Kier molecular flexibility index (Phi) is 4.36. The first-order chi connectivity index (χ1) is 8.28.